The summed E-state index contributed by atoms with van der Waals surface area (Å²) < 4.78 is 0. The Morgan fingerprint density at radius 3 is 2.45 bits per heavy atom. The van der Waals surface area contributed by atoms with Crippen molar-refractivity contribution in [3.8, 4) is 0 Å². The fraction of sp³-hybridized carbons (Fsp3) is 0.400. The summed E-state index contributed by atoms with van der Waals surface area (Å²) in [5.41, 5.74) is 3.63. The summed E-state index contributed by atoms with van der Waals surface area (Å²) in [7, 11) is 0. The number of hydrogen-bond donors (Lipinski definition) is 0. The average Bonchev–Trinajstić information content (AvgIpc) is 2.53. The molecule has 0 N–H and O–H groups in total. The summed E-state index contributed by atoms with van der Waals surface area (Å²) in [6.07, 6.45) is 5.99. The van der Waals surface area contributed by atoms with Gasteiger partial charge in [0.1, 0.15) is 5.78 Å². The first-order valence-corrected chi connectivity index (χ1v) is 8.06. The zero-order valence-corrected chi connectivity index (χ0v) is 13.8. The van der Waals surface area contributed by atoms with Crippen molar-refractivity contribution in [1.82, 2.24) is 4.98 Å². The van der Waals surface area contributed by atoms with Gasteiger partial charge in [-0.25, -0.2) is 0 Å². The van der Waals surface area contributed by atoms with Crippen LogP contribution < -0.4 is 0 Å². The van der Waals surface area contributed by atoms with Crippen LogP contribution >= 0.6 is 0 Å². The smallest absolute Gasteiger partial charge is 0.136 e. The van der Waals surface area contributed by atoms with Gasteiger partial charge in [0.05, 0.1) is 0 Å². The third-order valence-electron chi connectivity index (χ3n) is 4.08. The molecular weight excluding hydrogens is 270 g/mol. The Labute approximate surface area is 133 Å². The first-order valence-electron chi connectivity index (χ1n) is 8.06. The minimum atomic E-state index is 0.0728. The van der Waals surface area contributed by atoms with Crippen LogP contribution in [0, 0.1) is 5.92 Å². The van der Waals surface area contributed by atoms with Gasteiger partial charge >= 0.3 is 0 Å². The molecule has 1 heterocycles. The Hall–Kier alpha value is -1.96. The largest absolute Gasteiger partial charge is 0.299 e. The minimum absolute atomic E-state index is 0.0728. The summed E-state index contributed by atoms with van der Waals surface area (Å²) in [6, 6.07) is 12.4. The third kappa shape index (κ3) is 4.80. The van der Waals surface area contributed by atoms with Gasteiger partial charge in [-0.15, -0.1) is 0 Å². The van der Waals surface area contributed by atoms with E-state index >= 15 is 0 Å². The predicted molar refractivity (Wildman–Crippen MR) is 91.0 cm³/mol. The van der Waals surface area contributed by atoms with Crippen LogP contribution in [0.1, 0.15) is 49.8 Å². The molecule has 0 aliphatic carbocycles. The van der Waals surface area contributed by atoms with Gasteiger partial charge in [-0.2, -0.15) is 0 Å². The van der Waals surface area contributed by atoms with Crippen LogP contribution in [0.3, 0.4) is 0 Å². The molecule has 22 heavy (non-hydrogen) atoms. The maximum Gasteiger partial charge on any atom is 0.136 e. The fourth-order valence-corrected chi connectivity index (χ4v) is 2.56. The van der Waals surface area contributed by atoms with Crippen molar-refractivity contribution in [3.05, 3.63) is 65.5 Å². The minimum Gasteiger partial charge on any atom is -0.299 e. The molecule has 0 saturated carbocycles. The molecule has 2 rings (SSSR count). The summed E-state index contributed by atoms with van der Waals surface area (Å²) in [5, 5.41) is 0. The molecule has 2 heteroatoms. The van der Waals surface area contributed by atoms with Crippen molar-refractivity contribution in [2.24, 2.45) is 5.92 Å². The van der Waals surface area contributed by atoms with Gasteiger partial charge in [-0.3, -0.25) is 9.78 Å². The first-order chi connectivity index (χ1) is 10.6. The Balaban J connectivity index is 1.88. The SMILES string of the molecule is CC(Cc1ccccc1)C(=O)CCc1cncc(C(C)C)c1. The number of nitrogens with zero attached hydrogens (tertiary/aromatic N) is 1. The Bertz CT molecular complexity index is 604. The first kappa shape index (κ1) is 16.4. The van der Waals surface area contributed by atoms with Crippen LogP contribution in [0.4, 0.5) is 0 Å². The molecule has 0 radical (unpaired) electrons. The highest BCUT2D eigenvalue weighted by Gasteiger charge is 2.13. The molecule has 1 unspecified atom stereocenters. The van der Waals surface area contributed by atoms with E-state index in [1.54, 1.807) is 0 Å². The number of carbonyl (C=O) groups excluding carboxylic acids is 1. The number of aromatic nitrogens is 1. The number of aryl methyl sites for hydroxylation is 1. The Kier molecular flexibility index (Phi) is 5.88. The molecule has 0 bridgehead atoms. The molecule has 1 aromatic heterocycles. The van der Waals surface area contributed by atoms with Crippen molar-refractivity contribution in [2.75, 3.05) is 0 Å². The quantitative estimate of drug-likeness (QED) is 0.748. The van der Waals surface area contributed by atoms with Crippen molar-refractivity contribution in [1.29, 1.82) is 0 Å². The van der Waals surface area contributed by atoms with E-state index in [9.17, 15) is 4.79 Å². The molecule has 1 atom stereocenters. The summed E-state index contributed by atoms with van der Waals surface area (Å²) in [4.78, 5) is 16.6. The fourth-order valence-electron chi connectivity index (χ4n) is 2.56. The molecular formula is C20H25NO. The lowest BCUT2D eigenvalue weighted by Crippen LogP contribution is -2.14. The summed E-state index contributed by atoms with van der Waals surface area (Å²) >= 11 is 0. The molecule has 0 aliphatic heterocycles. The van der Waals surface area contributed by atoms with E-state index in [1.165, 1.54) is 11.1 Å². The van der Waals surface area contributed by atoms with E-state index in [2.05, 4.69) is 37.0 Å². The maximum atomic E-state index is 12.3. The lowest BCUT2D eigenvalue weighted by molar-refractivity contribution is -0.122. The second-order valence-corrected chi connectivity index (χ2v) is 6.34. The number of carbonyl (C=O) groups is 1. The van der Waals surface area contributed by atoms with Gasteiger partial charge in [0, 0.05) is 24.7 Å². The van der Waals surface area contributed by atoms with E-state index in [-0.39, 0.29) is 5.92 Å². The Morgan fingerprint density at radius 1 is 1.05 bits per heavy atom. The number of benzene rings is 1. The molecule has 0 amide bonds. The molecule has 1 aromatic carbocycles. The number of pyridine rings is 1. The van der Waals surface area contributed by atoms with Crippen LogP contribution in [0.2, 0.25) is 0 Å². The van der Waals surface area contributed by atoms with E-state index in [0.29, 0.717) is 18.1 Å². The molecule has 2 aromatic rings. The van der Waals surface area contributed by atoms with E-state index in [1.807, 2.05) is 37.5 Å². The van der Waals surface area contributed by atoms with Crippen LogP contribution in [-0.2, 0) is 17.6 Å². The number of Topliss-reactive ketones (excluding diaryl/α,β-unsaturated/α-hetero) is 1. The van der Waals surface area contributed by atoms with Gasteiger partial charge in [0.25, 0.3) is 0 Å². The topological polar surface area (TPSA) is 30.0 Å². The lowest BCUT2D eigenvalue weighted by atomic mass is 9.93. The second-order valence-electron chi connectivity index (χ2n) is 6.34. The lowest BCUT2D eigenvalue weighted by Gasteiger charge is -2.11. The van der Waals surface area contributed by atoms with Crippen LogP contribution in [-0.4, -0.2) is 10.8 Å². The molecule has 2 nitrogen and oxygen atoms in total. The molecule has 116 valence electrons. The summed E-state index contributed by atoms with van der Waals surface area (Å²) in [5.74, 6) is 0.877. The highest BCUT2D eigenvalue weighted by atomic mass is 16.1. The average molecular weight is 295 g/mol. The van der Waals surface area contributed by atoms with Crippen molar-refractivity contribution in [2.45, 2.75) is 46.0 Å². The third-order valence-corrected chi connectivity index (χ3v) is 4.08. The van der Waals surface area contributed by atoms with Crippen molar-refractivity contribution in [3.63, 3.8) is 0 Å². The van der Waals surface area contributed by atoms with E-state index in [4.69, 9.17) is 0 Å². The standard InChI is InChI=1S/C20H25NO/c1-15(2)19-12-18(13-21-14-19)9-10-20(22)16(3)11-17-7-5-4-6-8-17/h4-8,12-16H,9-11H2,1-3H3. The highest BCUT2D eigenvalue weighted by Crippen LogP contribution is 2.16. The second kappa shape index (κ2) is 7.88. The van der Waals surface area contributed by atoms with Crippen LogP contribution in [0.15, 0.2) is 48.8 Å². The predicted octanol–water partition coefficient (Wildman–Crippen LogP) is 4.59. The van der Waals surface area contributed by atoms with Crippen molar-refractivity contribution < 1.29 is 4.79 Å². The van der Waals surface area contributed by atoms with Gasteiger partial charge in [0.2, 0.25) is 0 Å². The van der Waals surface area contributed by atoms with E-state index in [0.717, 1.165) is 18.4 Å². The normalized spacial score (nSPS) is 12.4. The van der Waals surface area contributed by atoms with Gasteiger partial charge in [-0.05, 0) is 35.4 Å². The molecule has 0 aliphatic rings. The molecule has 0 spiro atoms. The maximum absolute atomic E-state index is 12.3. The van der Waals surface area contributed by atoms with Crippen molar-refractivity contribution >= 4 is 5.78 Å². The molecule has 0 saturated heterocycles. The van der Waals surface area contributed by atoms with Gasteiger partial charge in [-0.1, -0.05) is 57.2 Å². The number of rotatable bonds is 7. The van der Waals surface area contributed by atoms with Gasteiger partial charge in [0.15, 0.2) is 0 Å². The summed E-state index contributed by atoms with van der Waals surface area (Å²) in [6.45, 7) is 6.35. The van der Waals surface area contributed by atoms with Gasteiger partial charge < -0.3 is 0 Å². The zero-order chi connectivity index (χ0) is 15.9. The highest BCUT2D eigenvalue weighted by molar-refractivity contribution is 5.81. The van der Waals surface area contributed by atoms with Crippen LogP contribution in [0.25, 0.3) is 0 Å². The zero-order valence-electron chi connectivity index (χ0n) is 13.8. The van der Waals surface area contributed by atoms with Crippen LogP contribution in [0.5, 0.6) is 0 Å². The Morgan fingerprint density at radius 2 is 1.77 bits per heavy atom. The molecule has 0 fully saturated rings. The number of hydrogen-bond acceptors (Lipinski definition) is 2. The number of ketones is 1. The van der Waals surface area contributed by atoms with E-state index < -0.39 is 0 Å². The monoisotopic (exact) mass is 295 g/mol.